The Balaban J connectivity index is 1.60. The number of amides is 1. The van der Waals surface area contributed by atoms with Gasteiger partial charge in [0, 0.05) is 12.6 Å². The molecule has 1 aliphatic carbocycles. The largest absolute Gasteiger partial charge is 0.305 e. The van der Waals surface area contributed by atoms with E-state index in [2.05, 4.69) is 41.9 Å². The highest BCUT2D eigenvalue weighted by Gasteiger charge is 2.52. The highest BCUT2D eigenvalue weighted by Crippen LogP contribution is 2.55. The quantitative estimate of drug-likeness (QED) is 0.761. The molecule has 138 valence electrons. The molecule has 2 fully saturated rings. The van der Waals surface area contributed by atoms with Crippen molar-refractivity contribution in [2.45, 2.75) is 52.1 Å². The molecule has 2 heterocycles. The molecule has 1 saturated carbocycles. The summed E-state index contributed by atoms with van der Waals surface area (Å²) in [7, 11) is 0. The summed E-state index contributed by atoms with van der Waals surface area (Å²) in [5.74, 6) is 0.0204. The van der Waals surface area contributed by atoms with E-state index in [9.17, 15) is 4.79 Å². The maximum atomic E-state index is 12.2. The first kappa shape index (κ1) is 18.1. The van der Waals surface area contributed by atoms with Crippen LogP contribution in [0.5, 0.6) is 0 Å². The number of nitrogens with zero attached hydrogens (tertiary/aromatic N) is 4. The van der Waals surface area contributed by atoms with Crippen molar-refractivity contribution >= 4 is 5.91 Å². The molecule has 3 rings (SSSR count). The van der Waals surface area contributed by atoms with Crippen LogP contribution in [0, 0.1) is 10.8 Å². The number of rotatable bonds is 7. The molecule has 1 N–H and O–H groups in total. The minimum absolute atomic E-state index is 0.00147. The number of hydroxylamine groups is 2. The average Bonchev–Trinajstić information content (AvgIpc) is 3.33. The molecule has 1 aromatic heterocycles. The molecule has 1 aliphatic heterocycles. The van der Waals surface area contributed by atoms with Gasteiger partial charge < -0.3 is 5.32 Å². The van der Waals surface area contributed by atoms with Gasteiger partial charge in [-0.3, -0.25) is 14.3 Å². The first-order valence-corrected chi connectivity index (χ1v) is 9.11. The Morgan fingerprint density at radius 3 is 3.00 bits per heavy atom. The number of aromatic nitrogens is 3. The lowest BCUT2D eigenvalue weighted by molar-refractivity contribution is -0.167. The second-order valence-corrected chi connectivity index (χ2v) is 7.65. The van der Waals surface area contributed by atoms with Crippen LogP contribution in [0.15, 0.2) is 25.3 Å². The van der Waals surface area contributed by atoms with E-state index < -0.39 is 0 Å². The summed E-state index contributed by atoms with van der Waals surface area (Å²) < 4.78 is 1.87. The molecule has 2 unspecified atom stereocenters. The van der Waals surface area contributed by atoms with E-state index >= 15 is 0 Å². The summed E-state index contributed by atoms with van der Waals surface area (Å²) in [4.78, 5) is 21.6. The monoisotopic (exact) mass is 347 g/mol. The van der Waals surface area contributed by atoms with Gasteiger partial charge in [0.05, 0.1) is 19.7 Å². The van der Waals surface area contributed by atoms with E-state index in [1.54, 1.807) is 12.7 Å². The predicted molar refractivity (Wildman–Crippen MR) is 94.4 cm³/mol. The van der Waals surface area contributed by atoms with Gasteiger partial charge in [-0.1, -0.05) is 19.9 Å². The standard InChI is InChI=1S/C18H29N5O2/c1-4-18(8-10-22-14-19-13-21-22)7-6-15(17(18,2)3)20-12-16(24)23-9-5-11-25-23/h4,13-15,20H,1,5-12H2,2-3H3. The van der Waals surface area contributed by atoms with Crippen LogP contribution in [0.2, 0.25) is 0 Å². The smallest absolute Gasteiger partial charge is 0.260 e. The van der Waals surface area contributed by atoms with Crippen LogP contribution in [-0.2, 0) is 16.2 Å². The summed E-state index contributed by atoms with van der Waals surface area (Å²) in [5, 5.41) is 9.17. The van der Waals surface area contributed by atoms with Crippen LogP contribution >= 0.6 is 0 Å². The van der Waals surface area contributed by atoms with Gasteiger partial charge in [-0.25, -0.2) is 10.0 Å². The molecule has 7 nitrogen and oxygen atoms in total. The SMILES string of the molecule is C=CC1(CCn2cncn2)CCC(NCC(=O)N2CCCO2)C1(C)C. The Bertz CT molecular complexity index is 595. The normalized spacial score (nSPS) is 28.4. The molecule has 2 aliphatic rings. The third-order valence-electron chi connectivity index (χ3n) is 6.21. The van der Waals surface area contributed by atoms with Crippen molar-refractivity contribution in [1.29, 1.82) is 0 Å². The third kappa shape index (κ3) is 3.48. The topological polar surface area (TPSA) is 72.3 Å². The third-order valence-corrected chi connectivity index (χ3v) is 6.21. The first-order chi connectivity index (χ1) is 12.0. The minimum atomic E-state index is 0.00147. The Kier molecular flexibility index (Phi) is 5.24. The first-order valence-electron chi connectivity index (χ1n) is 9.11. The molecular weight excluding hydrogens is 318 g/mol. The number of carbonyl (C=O) groups excluding carboxylic acids is 1. The molecule has 2 atom stereocenters. The van der Waals surface area contributed by atoms with E-state index in [0.717, 1.165) is 32.2 Å². The zero-order valence-electron chi connectivity index (χ0n) is 15.3. The van der Waals surface area contributed by atoms with Gasteiger partial charge >= 0.3 is 0 Å². The lowest BCUT2D eigenvalue weighted by atomic mass is 9.64. The van der Waals surface area contributed by atoms with E-state index in [-0.39, 0.29) is 22.8 Å². The fraction of sp³-hybridized carbons (Fsp3) is 0.722. The molecule has 1 saturated heterocycles. The fourth-order valence-corrected chi connectivity index (χ4v) is 4.31. The maximum Gasteiger partial charge on any atom is 0.260 e. The molecule has 0 aromatic carbocycles. The second-order valence-electron chi connectivity index (χ2n) is 7.65. The van der Waals surface area contributed by atoms with Gasteiger partial charge in [-0.05, 0) is 36.5 Å². The van der Waals surface area contributed by atoms with Crippen molar-refractivity contribution in [3.8, 4) is 0 Å². The van der Waals surface area contributed by atoms with E-state index in [4.69, 9.17) is 4.84 Å². The molecule has 7 heteroatoms. The second kappa shape index (κ2) is 7.25. The van der Waals surface area contributed by atoms with Crippen LogP contribution in [0.3, 0.4) is 0 Å². The van der Waals surface area contributed by atoms with E-state index in [1.807, 2.05) is 4.68 Å². The molecule has 0 spiro atoms. The zero-order valence-corrected chi connectivity index (χ0v) is 15.3. The number of nitrogens with one attached hydrogen (secondary N) is 1. The van der Waals surface area contributed by atoms with Crippen LogP contribution < -0.4 is 5.32 Å². The molecule has 25 heavy (non-hydrogen) atoms. The van der Waals surface area contributed by atoms with E-state index in [0.29, 0.717) is 19.7 Å². The zero-order chi connectivity index (χ0) is 17.9. The molecule has 1 amide bonds. The minimum Gasteiger partial charge on any atom is -0.305 e. The highest BCUT2D eigenvalue weighted by molar-refractivity contribution is 5.77. The van der Waals surface area contributed by atoms with Crippen LogP contribution in [0.4, 0.5) is 0 Å². The van der Waals surface area contributed by atoms with Gasteiger partial charge in [0.15, 0.2) is 0 Å². The number of allylic oxidation sites excluding steroid dienone is 1. The summed E-state index contributed by atoms with van der Waals surface area (Å²) in [6.45, 7) is 11.2. The van der Waals surface area contributed by atoms with Crippen molar-refractivity contribution in [2.75, 3.05) is 19.7 Å². The number of aryl methyl sites for hydroxylation is 1. The van der Waals surface area contributed by atoms with E-state index in [1.165, 1.54) is 5.06 Å². The Labute approximate surface area is 149 Å². The van der Waals surface area contributed by atoms with Crippen molar-refractivity contribution in [3.63, 3.8) is 0 Å². The Morgan fingerprint density at radius 1 is 1.52 bits per heavy atom. The molecule has 0 bridgehead atoms. The van der Waals surface area contributed by atoms with Crippen LogP contribution in [-0.4, -0.2) is 51.5 Å². The van der Waals surface area contributed by atoms with Gasteiger partial charge in [0.1, 0.15) is 12.7 Å². The average molecular weight is 347 g/mol. The van der Waals surface area contributed by atoms with Gasteiger partial charge in [0.2, 0.25) is 0 Å². The van der Waals surface area contributed by atoms with Crippen LogP contribution in [0.25, 0.3) is 0 Å². The maximum absolute atomic E-state index is 12.2. The lowest BCUT2D eigenvalue weighted by Crippen LogP contribution is -2.48. The summed E-state index contributed by atoms with van der Waals surface area (Å²) in [5.41, 5.74) is 0.0191. The van der Waals surface area contributed by atoms with Crippen molar-refractivity contribution < 1.29 is 9.63 Å². The number of carbonyl (C=O) groups is 1. The Hall–Kier alpha value is -1.73. The lowest BCUT2D eigenvalue weighted by Gasteiger charge is -2.43. The highest BCUT2D eigenvalue weighted by atomic mass is 16.7. The number of hydrogen-bond acceptors (Lipinski definition) is 5. The molecular formula is C18H29N5O2. The molecule has 0 radical (unpaired) electrons. The van der Waals surface area contributed by atoms with Crippen molar-refractivity contribution in [1.82, 2.24) is 25.1 Å². The Morgan fingerprint density at radius 2 is 2.36 bits per heavy atom. The molecule has 1 aromatic rings. The fourth-order valence-electron chi connectivity index (χ4n) is 4.31. The van der Waals surface area contributed by atoms with Gasteiger partial charge in [-0.2, -0.15) is 5.10 Å². The summed E-state index contributed by atoms with van der Waals surface area (Å²) in [6, 6.07) is 0.271. The predicted octanol–water partition coefficient (Wildman–Crippen LogP) is 1.78. The van der Waals surface area contributed by atoms with Gasteiger partial charge in [-0.15, -0.1) is 6.58 Å². The van der Waals surface area contributed by atoms with Gasteiger partial charge in [0.25, 0.3) is 5.91 Å². The summed E-state index contributed by atoms with van der Waals surface area (Å²) >= 11 is 0. The number of hydrogen-bond donors (Lipinski definition) is 1. The van der Waals surface area contributed by atoms with Crippen molar-refractivity contribution in [3.05, 3.63) is 25.3 Å². The van der Waals surface area contributed by atoms with Crippen molar-refractivity contribution in [2.24, 2.45) is 10.8 Å². The summed E-state index contributed by atoms with van der Waals surface area (Å²) in [6.07, 6.45) is 9.41. The van der Waals surface area contributed by atoms with Crippen LogP contribution in [0.1, 0.15) is 39.5 Å².